The molecule has 1 saturated carbocycles. The molecule has 0 amide bonds. The third-order valence-corrected chi connectivity index (χ3v) is 3.74. The van der Waals surface area contributed by atoms with Crippen molar-refractivity contribution < 1.29 is 4.74 Å². The van der Waals surface area contributed by atoms with Crippen LogP contribution in [0, 0.1) is 11.3 Å². The molecule has 1 aromatic carbocycles. The van der Waals surface area contributed by atoms with Crippen molar-refractivity contribution in [3.63, 3.8) is 0 Å². The van der Waals surface area contributed by atoms with E-state index in [4.69, 9.17) is 15.9 Å². The summed E-state index contributed by atoms with van der Waals surface area (Å²) in [7, 11) is 1.67. The van der Waals surface area contributed by atoms with Crippen LogP contribution in [0.5, 0.6) is 5.75 Å². The second kappa shape index (κ2) is 6.16. The Labute approximate surface area is 121 Å². The highest BCUT2D eigenvalue weighted by Gasteiger charge is 2.30. The van der Waals surface area contributed by atoms with Crippen LogP contribution in [0.15, 0.2) is 18.2 Å². The summed E-state index contributed by atoms with van der Waals surface area (Å²) in [5, 5.41) is 7.79. The zero-order valence-electron chi connectivity index (χ0n) is 12.6. The third-order valence-electron chi connectivity index (χ3n) is 3.74. The molecular weight excluding hydrogens is 250 g/mol. The van der Waals surface area contributed by atoms with Gasteiger partial charge in [-0.15, -0.1) is 0 Å². The van der Waals surface area contributed by atoms with Gasteiger partial charge in [0.15, 0.2) is 0 Å². The zero-order valence-corrected chi connectivity index (χ0v) is 12.6. The smallest absolute Gasteiger partial charge is 0.124 e. The molecule has 0 aliphatic heterocycles. The molecule has 0 bridgehead atoms. The molecule has 3 N–H and O–H groups in total. The number of rotatable bonds is 7. The molecule has 0 unspecified atom stereocenters. The molecule has 4 nitrogen and oxygen atoms in total. The van der Waals surface area contributed by atoms with Crippen molar-refractivity contribution in [1.82, 2.24) is 0 Å². The van der Waals surface area contributed by atoms with E-state index in [1.165, 1.54) is 12.8 Å². The number of anilines is 1. The maximum atomic E-state index is 7.79. The van der Waals surface area contributed by atoms with Crippen LogP contribution in [0.1, 0.15) is 38.7 Å². The molecule has 1 aromatic rings. The van der Waals surface area contributed by atoms with E-state index in [0.29, 0.717) is 12.0 Å². The molecule has 2 rings (SSSR count). The lowest BCUT2D eigenvalue weighted by atomic mass is 10.1. The lowest BCUT2D eigenvalue weighted by Crippen LogP contribution is -2.30. The first-order valence-electron chi connectivity index (χ1n) is 7.32. The number of methoxy groups -OCH3 is 1. The minimum Gasteiger partial charge on any atom is -0.497 e. The van der Waals surface area contributed by atoms with E-state index in [9.17, 15) is 0 Å². The molecule has 4 heteroatoms. The van der Waals surface area contributed by atoms with Gasteiger partial charge in [0.05, 0.1) is 12.8 Å². The van der Waals surface area contributed by atoms with Gasteiger partial charge in [0, 0.05) is 24.2 Å². The second-order valence-corrected chi connectivity index (χ2v) is 5.90. The van der Waals surface area contributed by atoms with Crippen LogP contribution in [0.25, 0.3) is 0 Å². The fourth-order valence-corrected chi connectivity index (χ4v) is 2.39. The molecule has 110 valence electrons. The van der Waals surface area contributed by atoms with E-state index < -0.39 is 0 Å². The Balaban J connectivity index is 2.32. The van der Waals surface area contributed by atoms with Crippen LogP contribution in [0.3, 0.4) is 0 Å². The van der Waals surface area contributed by atoms with Gasteiger partial charge in [0.2, 0.25) is 0 Å². The van der Waals surface area contributed by atoms with Crippen molar-refractivity contribution in [2.75, 3.05) is 18.6 Å². The van der Waals surface area contributed by atoms with Gasteiger partial charge in [-0.1, -0.05) is 13.8 Å². The highest BCUT2D eigenvalue weighted by molar-refractivity contribution is 6.00. The number of nitrogens with two attached hydrogens (primary N) is 1. The minimum atomic E-state index is 0.123. The highest BCUT2D eigenvalue weighted by atomic mass is 16.5. The van der Waals surface area contributed by atoms with Gasteiger partial charge in [0.1, 0.15) is 11.6 Å². The minimum absolute atomic E-state index is 0.123. The monoisotopic (exact) mass is 275 g/mol. The number of ether oxygens (including phenoxy) is 1. The summed E-state index contributed by atoms with van der Waals surface area (Å²) in [6.45, 7) is 5.49. The average Bonchev–Trinajstić information content (AvgIpc) is 3.22. The summed E-state index contributed by atoms with van der Waals surface area (Å²) in [5.41, 5.74) is 7.58. The van der Waals surface area contributed by atoms with Crippen LogP contribution < -0.4 is 15.4 Å². The van der Waals surface area contributed by atoms with Gasteiger partial charge in [0.25, 0.3) is 0 Å². The maximum absolute atomic E-state index is 7.79. The largest absolute Gasteiger partial charge is 0.497 e. The van der Waals surface area contributed by atoms with E-state index in [-0.39, 0.29) is 5.84 Å². The van der Waals surface area contributed by atoms with E-state index in [1.54, 1.807) is 7.11 Å². The first-order chi connectivity index (χ1) is 9.52. The van der Waals surface area contributed by atoms with Gasteiger partial charge in [-0.3, -0.25) is 5.41 Å². The van der Waals surface area contributed by atoms with Gasteiger partial charge in [-0.05, 0) is 37.3 Å². The number of hydrogen-bond acceptors (Lipinski definition) is 3. The van der Waals surface area contributed by atoms with Crippen molar-refractivity contribution in [2.45, 2.75) is 39.2 Å². The quantitative estimate of drug-likeness (QED) is 0.594. The molecule has 1 aliphatic rings. The molecule has 0 aromatic heterocycles. The van der Waals surface area contributed by atoms with Crippen molar-refractivity contribution in [1.29, 1.82) is 5.41 Å². The maximum Gasteiger partial charge on any atom is 0.124 e. The Morgan fingerprint density at radius 1 is 1.45 bits per heavy atom. The van der Waals surface area contributed by atoms with E-state index in [1.807, 2.05) is 18.2 Å². The van der Waals surface area contributed by atoms with Crippen molar-refractivity contribution in [3.05, 3.63) is 23.8 Å². The number of hydrogen-bond donors (Lipinski definition) is 2. The Morgan fingerprint density at radius 3 is 2.65 bits per heavy atom. The van der Waals surface area contributed by atoms with Crippen LogP contribution in [0.2, 0.25) is 0 Å². The average molecular weight is 275 g/mol. The van der Waals surface area contributed by atoms with Crippen molar-refractivity contribution in [3.8, 4) is 5.75 Å². The number of amidine groups is 1. The first-order valence-corrected chi connectivity index (χ1v) is 7.32. The molecular formula is C16H25N3O. The van der Waals surface area contributed by atoms with E-state index in [0.717, 1.165) is 30.0 Å². The lowest BCUT2D eigenvalue weighted by Gasteiger charge is -2.28. The molecule has 1 fully saturated rings. The molecule has 20 heavy (non-hydrogen) atoms. The van der Waals surface area contributed by atoms with Crippen LogP contribution in [0.4, 0.5) is 5.69 Å². The fraction of sp³-hybridized carbons (Fsp3) is 0.562. The molecule has 1 aliphatic carbocycles. The number of nitrogens with zero attached hydrogens (tertiary/aromatic N) is 1. The predicted octanol–water partition coefficient (Wildman–Crippen LogP) is 2.99. The summed E-state index contributed by atoms with van der Waals surface area (Å²) in [6, 6.07) is 6.36. The summed E-state index contributed by atoms with van der Waals surface area (Å²) in [4.78, 5) is 2.40. The predicted molar refractivity (Wildman–Crippen MR) is 83.8 cm³/mol. The molecule has 0 spiro atoms. The van der Waals surface area contributed by atoms with Gasteiger partial charge < -0.3 is 15.4 Å². The number of nitrogens with one attached hydrogen (secondary N) is 1. The Bertz CT molecular complexity index is 481. The highest BCUT2D eigenvalue weighted by Crippen LogP contribution is 2.35. The molecule has 0 saturated heterocycles. The Morgan fingerprint density at radius 2 is 2.15 bits per heavy atom. The number of benzene rings is 1. The summed E-state index contributed by atoms with van der Waals surface area (Å²) >= 11 is 0. The normalized spacial score (nSPS) is 14.4. The van der Waals surface area contributed by atoms with Crippen LogP contribution >= 0.6 is 0 Å². The van der Waals surface area contributed by atoms with Gasteiger partial charge in [-0.2, -0.15) is 0 Å². The topological polar surface area (TPSA) is 62.3 Å². The van der Waals surface area contributed by atoms with Gasteiger partial charge in [-0.25, -0.2) is 0 Å². The second-order valence-electron chi connectivity index (χ2n) is 5.90. The third kappa shape index (κ3) is 3.44. The molecule has 0 radical (unpaired) electrons. The Kier molecular flexibility index (Phi) is 4.53. The Hall–Kier alpha value is -1.71. The van der Waals surface area contributed by atoms with E-state index in [2.05, 4.69) is 18.7 Å². The zero-order chi connectivity index (χ0) is 14.7. The standard InChI is InChI=1S/C16H25N3O/c1-11(2)8-9-19(12-4-5-12)15-10-13(20-3)6-7-14(15)16(17)18/h6-7,10-12H,4-5,8-9H2,1-3H3,(H3,17,18). The lowest BCUT2D eigenvalue weighted by molar-refractivity contribution is 0.414. The fourth-order valence-electron chi connectivity index (χ4n) is 2.39. The molecule has 0 heterocycles. The van der Waals surface area contributed by atoms with E-state index >= 15 is 0 Å². The van der Waals surface area contributed by atoms with Crippen LogP contribution in [-0.2, 0) is 0 Å². The van der Waals surface area contributed by atoms with Crippen molar-refractivity contribution >= 4 is 11.5 Å². The summed E-state index contributed by atoms with van der Waals surface area (Å²) in [6.07, 6.45) is 3.60. The first kappa shape index (κ1) is 14.7. The van der Waals surface area contributed by atoms with Crippen LogP contribution in [-0.4, -0.2) is 25.5 Å². The van der Waals surface area contributed by atoms with Crippen molar-refractivity contribution in [2.24, 2.45) is 11.7 Å². The SMILES string of the molecule is COc1ccc(C(=N)N)c(N(CCC(C)C)C2CC2)c1. The number of nitrogen functional groups attached to an aromatic ring is 1. The summed E-state index contributed by atoms with van der Waals surface area (Å²) < 4.78 is 5.33. The molecule has 0 atom stereocenters. The summed E-state index contributed by atoms with van der Waals surface area (Å²) in [5.74, 6) is 1.61. The van der Waals surface area contributed by atoms with Gasteiger partial charge >= 0.3 is 0 Å².